The van der Waals surface area contributed by atoms with E-state index in [0.717, 1.165) is 23.2 Å². The molecule has 0 unspecified atom stereocenters. The van der Waals surface area contributed by atoms with E-state index in [1.54, 1.807) is 4.90 Å². The molecule has 1 aromatic heterocycles. The number of nitrogens with zero attached hydrogens (tertiary/aromatic N) is 2. The lowest BCUT2D eigenvalue weighted by Crippen LogP contribution is -2.36. The molecule has 4 rings (SSSR count). The summed E-state index contributed by atoms with van der Waals surface area (Å²) in [5, 5.41) is 0. The first-order valence-electron chi connectivity index (χ1n) is 10.3. The highest BCUT2D eigenvalue weighted by molar-refractivity contribution is 5.68. The van der Waals surface area contributed by atoms with Gasteiger partial charge in [0.15, 0.2) is 6.29 Å². The number of benzene rings is 1. The lowest BCUT2D eigenvalue weighted by atomic mass is 10.1. The molecule has 0 saturated carbocycles. The quantitative estimate of drug-likeness (QED) is 0.750. The van der Waals surface area contributed by atoms with Crippen LogP contribution in [-0.4, -0.2) is 54.0 Å². The summed E-state index contributed by atoms with van der Waals surface area (Å²) in [5.41, 5.74) is 2.25. The third kappa shape index (κ3) is 5.09. The minimum Gasteiger partial charge on any atom is -0.472 e. The molecule has 2 aromatic rings. The van der Waals surface area contributed by atoms with Crippen molar-refractivity contribution in [2.45, 2.75) is 45.2 Å². The second-order valence-electron chi connectivity index (χ2n) is 8.51. The highest BCUT2D eigenvalue weighted by atomic mass is 16.7. The summed E-state index contributed by atoms with van der Waals surface area (Å²) in [5.74, 6) is 0.544. The van der Waals surface area contributed by atoms with Crippen LogP contribution < -0.4 is 4.74 Å². The summed E-state index contributed by atoms with van der Waals surface area (Å²) in [6.45, 7) is 7.92. The zero-order valence-electron chi connectivity index (χ0n) is 17.7. The summed E-state index contributed by atoms with van der Waals surface area (Å²) >= 11 is 0. The van der Waals surface area contributed by atoms with Gasteiger partial charge in [0, 0.05) is 30.2 Å². The van der Waals surface area contributed by atoms with Crippen molar-refractivity contribution < 1.29 is 23.7 Å². The van der Waals surface area contributed by atoms with Crippen LogP contribution in [0.5, 0.6) is 5.88 Å². The molecule has 7 nitrogen and oxygen atoms in total. The number of carbonyl (C=O) groups excluding carboxylic acids is 1. The van der Waals surface area contributed by atoms with Gasteiger partial charge in [0.25, 0.3) is 0 Å². The molecule has 160 valence electrons. The van der Waals surface area contributed by atoms with E-state index in [0.29, 0.717) is 32.2 Å². The Labute approximate surface area is 176 Å². The van der Waals surface area contributed by atoms with Crippen LogP contribution in [0.4, 0.5) is 4.79 Å². The van der Waals surface area contributed by atoms with Gasteiger partial charge in [-0.1, -0.05) is 24.3 Å². The Morgan fingerprint density at radius 3 is 2.67 bits per heavy atom. The van der Waals surface area contributed by atoms with Crippen molar-refractivity contribution in [3.05, 3.63) is 48.0 Å². The fraction of sp³-hybridized carbons (Fsp3) is 0.478. The van der Waals surface area contributed by atoms with Crippen molar-refractivity contribution in [2.75, 3.05) is 26.3 Å². The van der Waals surface area contributed by atoms with Gasteiger partial charge in [-0.3, -0.25) is 0 Å². The van der Waals surface area contributed by atoms with E-state index in [9.17, 15) is 4.79 Å². The van der Waals surface area contributed by atoms with Crippen LogP contribution in [0.2, 0.25) is 0 Å². The van der Waals surface area contributed by atoms with Crippen molar-refractivity contribution in [2.24, 2.45) is 0 Å². The number of likely N-dealkylation sites (tertiary alicyclic amines) is 1. The predicted octanol–water partition coefficient (Wildman–Crippen LogP) is 4.18. The molecule has 30 heavy (non-hydrogen) atoms. The molecule has 0 N–H and O–H groups in total. The van der Waals surface area contributed by atoms with E-state index in [1.807, 2.05) is 63.2 Å². The molecule has 2 aliphatic heterocycles. The number of hydrogen-bond donors (Lipinski definition) is 0. The van der Waals surface area contributed by atoms with Crippen LogP contribution in [0.25, 0.3) is 11.3 Å². The van der Waals surface area contributed by atoms with Gasteiger partial charge in [-0.25, -0.2) is 9.78 Å². The molecule has 1 aromatic carbocycles. The van der Waals surface area contributed by atoms with Crippen LogP contribution in [0.15, 0.2) is 42.5 Å². The van der Waals surface area contributed by atoms with Gasteiger partial charge >= 0.3 is 6.09 Å². The van der Waals surface area contributed by atoms with Crippen LogP contribution in [-0.2, 0) is 14.2 Å². The average molecular weight is 412 g/mol. The summed E-state index contributed by atoms with van der Waals surface area (Å²) in [7, 11) is 0. The highest BCUT2D eigenvalue weighted by Crippen LogP contribution is 2.28. The van der Waals surface area contributed by atoms with Crippen molar-refractivity contribution >= 4 is 6.09 Å². The molecule has 2 saturated heterocycles. The Morgan fingerprint density at radius 2 is 1.90 bits per heavy atom. The Balaban J connectivity index is 1.41. The Bertz CT molecular complexity index is 889. The summed E-state index contributed by atoms with van der Waals surface area (Å²) in [6.07, 6.45) is 0.0221. The zero-order chi connectivity index (χ0) is 21.1. The summed E-state index contributed by atoms with van der Waals surface area (Å²) in [4.78, 5) is 18.6. The molecule has 0 aliphatic carbocycles. The van der Waals surface area contributed by atoms with Gasteiger partial charge in [-0.15, -0.1) is 0 Å². The van der Waals surface area contributed by atoms with Crippen molar-refractivity contribution in [3.63, 3.8) is 0 Å². The van der Waals surface area contributed by atoms with Gasteiger partial charge < -0.3 is 23.8 Å². The number of rotatable bonds is 4. The molecular weight excluding hydrogens is 384 g/mol. The Kier molecular flexibility index (Phi) is 5.92. The van der Waals surface area contributed by atoms with Crippen LogP contribution in [0.1, 0.15) is 39.0 Å². The fourth-order valence-corrected chi connectivity index (χ4v) is 3.52. The first-order valence-corrected chi connectivity index (χ1v) is 10.3. The molecule has 2 fully saturated rings. The Morgan fingerprint density at radius 1 is 1.13 bits per heavy atom. The Hall–Kier alpha value is -2.64. The van der Waals surface area contributed by atoms with Crippen molar-refractivity contribution in [1.82, 2.24) is 9.88 Å². The molecule has 1 amide bonds. The first kappa shape index (κ1) is 20.6. The van der Waals surface area contributed by atoms with Crippen LogP contribution >= 0.6 is 0 Å². The molecule has 2 aliphatic rings. The van der Waals surface area contributed by atoms with Crippen LogP contribution in [0, 0.1) is 0 Å². The maximum absolute atomic E-state index is 12.3. The van der Waals surface area contributed by atoms with E-state index in [1.165, 1.54) is 0 Å². The zero-order valence-corrected chi connectivity index (χ0v) is 17.7. The second kappa shape index (κ2) is 8.62. The van der Waals surface area contributed by atoms with Crippen molar-refractivity contribution in [1.29, 1.82) is 0 Å². The molecular formula is C23H28N2O5. The summed E-state index contributed by atoms with van der Waals surface area (Å²) in [6, 6.07) is 13.7. The van der Waals surface area contributed by atoms with Crippen LogP contribution in [0.3, 0.4) is 0 Å². The standard InChI is InChI=1S/C23H28N2O5/c1-23(2,3)30-22(26)25-11-10-18(15-25)29-20-9-5-8-19(24-20)16-6-4-7-17(14-16)21-27-12-13-28-21/h4-9,14,18,21H,10-13,15H2,1-3H3/t18-/m0/s1. The van der Waals surface area contributed by atoms with E-state index < -0.39 is 5.60 Å². The number of pyridine rings is 1. The number of carbonyl (C=O) groups is 1. The molecule has 1 atom stereocenters. The molecule has 3 heterocycles. The maximum atomic E-state index is 12.3. The average Bonchev–Trinajstić information content (AvgIpc) is 3.39. The number of hydrogen-bond acceptors (Lipinski definition) is 6. The molecule has 0 radical (unpaired) electrons. The molecule has 7 heteroatoms. The molecule has 0 spiro atoms. The van der Waals surface area contributed by atoms with Gasteiger partial charge in [0.1, 0.15) is 11.7 Å². The number of amides is 1. The highest BCUT2D eigenvalue weighted by Gasteiger charge is 2.31. The lowest BCUT2D eigenvalue weighted by Gasteiger charge is -2.24. The van der Waals surface area contributed by atoms with E-state index >= 15 is 0 Å². The maximum Gasteiger partial charge on any atom is 0.410 e. The van der Waals surface area contributed by atoms with Gasteiger partial charge in [0.2, 0.25) is 5.88 Å². The largest absolute Gasteiger partial charge is 0.472 e. The van der Waals surface area contributed by atoms with Crippen molar-refractivity contribution in [3.8, 4) is 17.1 Å². The minimum absolute atomic E-state index is 0.105. The number of ether oxygens (including phenoxy) is 4. The van der Waals surface area contributed by atoms with Gasteiger partial charge in [-0.05, 0) is 32.9 Å². The third-order valence-corrected chi connectivity index (χ3v) is 4.88. The van der Waals surface area contributed by atoms with Gasteiger partial charge in [0.05, 0.1) is 25.5 Å². The minimum atomic E-state index is -0.505. The van der Waals surface area contributed by atoms with Gasteiger partial charge in [-0.2, -0.15) is 0 Å². The second-order valence-corrected chi connectivity index (χ2v) is 8.51. The predicted molar refractivity (Wildman–Crippen MR) is 111 cm³/mol. The smallest absolute Gasteiger partial charge is 0.410 e. The molecule has 0 bridgehead atoms. The van der Waals surface area contributed by atoms with E-state index in [4.69, 9.17) is 18.9 Å². The third-order valence-electron chi connectivity index (χ3n) is 4.88. The summed E-state index contributed by atoms with van der Waals surface area (Å²) < 4.78 is 22.7. The topological polar surface area (TPSA) is 70.1 Å². The number of aromatic nitrogens is 1. The lowest BCUT2D eigenvalue weighted by molar-refractivity contribution is -0.0440. The fourth-order valence-electron chi connectivity index (χ4n) is 3.52. The monoisotopic (exact) mass is 412 g/mol. The normalized spacial score (nSPS) is 19.8. The van der Waals surface area contributed by atoms with E-state index in [2.05, 4.69) is 4.98 Å². The van der Waals surface area contributed by atoms with E-state index in [-0.39, 0.29) is 18.5 Å². The SMILES string of the molecule is CC(C)(C)OC(=O)N1CC[C@H](Oc2cccc(-c3cccc(C4OCCO4)c3)n2)C1. The first-order chi connectivity index (χ1) is 14.4.